The van der Waals surface area contributed by atoms with Crippen molar-refractivity contribution in [3.63, 3.8) is 0 Å². The van der Waals surface area contributed by atoms with Gasteiger partial charge in [-0.25, -0.2) is 9.69 Å². The summed E-state index contributed by atoms with van der Waals surface area (Å²) in [6.07, 6.45) is 1.25. The molecular weight excluding hydrogens is 528 g/mol. The molecule has 1 N–H and O–H groups in total. The van der Waals surface area contributed by atoms with Crippen LogP contribution in [0.15, 0.2) is 66.2 Å². The molecular formula is C26H20N4O10. The molecule has 0 bridgehead atoms. The van der Waals surface area contributed by atoms with E-state index in [9.17, 15) is 34.6 Å². The van der Waals surface area contributed by atoms with Crippen molar-refractivity contribution in [1.82, 2.24) is 5.32 Å². The zero-order valence-corrected chi connectivity index (χ0v) is 21.0. The van der Waals surface area contributed by atoms with E-state index in [0.29, 0.717) is 11.3 Å². The van der Waals surface area contributed by atoms with E-state index in [2.05, 4.69) is 5.32 Å². The molecule has 204 valence electrons. The smallest absolute Gasteiger partial charge is 0.335 e. The molecule has 14 nitrogen and oxygen atoms in total. The predicted octanol–water partition coefficient (Wildman–Crippen LogP) is 4.37. The molecule has 0 radical (unpaired) electrons. The van der Waals surface area contributed by atoms with E-state index in [4.69, 9.17) is 14.2 Å². The molecule has 0 atom stereocenters. The van der Waals surface area contributed by atoms with E-state index in [1.54, 1.807) is 19.1 Å². The molecule has 0 unspecified atom stereocenters. The maximum Gasteiger partial charge on any atom is 0.335 e. The molecule has 0 aromatic heterocycles. The Bertz CT molecular complexity index is 1570. The lowest BCUT2D eigenvalue weighted by molar-refractivity contribution is -0.394. The van der Waals surface area contributed by atoms with Crippen molar-refractivity contribution in [1.29, 1.82) is 0 Å². The Labute approximate surface area is 225 Å². The Morgan fingerprint density at radius 1 is 0.900 bits per heavy atom. The number of barbiturate groups is 1. The van der Waals surface area contributed by atoms with Crippen LogP contribution in [0.1, 0.15) is 12.5 Å². The molecule has 0 aliphatic carbocycles. The molecule has 0 saturated carbocycles. The number of carbonyl (C=O) groups excluding carboxylic acids is 3. The number of non-ortho nitro benzene ring substituents is 1. The van der Waals surface area contributed by atoms with Gasteiger partial charge in [-0.3, -0.25) is 35.1 Å². The fraction of sp³-hybridized carbons (Fsp3) is 0.115. The molecule has 4 amide bonds. The van der Waals surface area contributed by atoms with Crippen LogP contribution in [0.4, 0.5) is 21.9 Å². The fourth-order valence-corrected chi connectivity index (χ4v) is 3.72. The van der Waals surface area contributed by atoms with E-state index in [0.717, 1.165) is 23.1 Å². The van der Waals surface area contributed by atoms with E-state index in [-0.39, 0.29) is 35.1 Å². The molecule has 1 heterocycles. The third-order valence-corrected chi connectivity index (χ3v) is 5.58. The van der Waals surface area contributed by atoms with Gasteiger partial charge in [-0.2, -0.15) is 0 Å². The normalized spacial score (nSPS) is 14.1. The van der Waals surface area contributed by atoms with E-state index < -0.39 is 39.1 Å². The molecule has 4 rings (SSSR count). The van der Waals surface area contributed by atoms with Gasteiger partial charge in [0.05, 0.1) is 35.3 Å². The number of amides is 4. The van der Waals surface area contributed by atoms with Crippen LogP contribution in [0.3, 0.4) is 0 Å². The molecule has 0 spiro atoms. The highest BCUT2D eigenvalue weighted by Gasteiger charge is 2.37. The van der Waals surface area contributed by atoms with Gasteiger partial charge < -0.3 is 14.2 Å². The van der Waals surface area contributed by atoms with Gasteiger partial charge in [-0.05, 0) is 61.0 Å². The van der Waals surface area contributed by atoms with Gasteiger partial charge in [0, 0.05) is 6.07 Å². The van der Waals surface area contributed by atoms with Crippen LogP contribution in [-0.4, -0.2) is 41.4 Å². The lowest BCUT2D eigenvalue weighted by atomic mass is 10.1. The second-order valence-electron chi connectivity index (χ2n) is 8.06. The highest BCUT2D eigenvalue weighted by atomic mass is 16.6. The van der Waals surface area contributed by atoms with Crippen LogP contribution in [0.25, 0.3) is 6.08 Å². The number of urea groups is 1. The summed E-state index contributed by atoms with van der Waals surface area (Å²) >= 11 is 0. The van der Waals surface area contributed by atoms with Crippen LogP contribution in [-0.2, 0) is 9.59 Å². The summed E-state index contributed by atoms with van der Waals surface area (Å²) in [5, 5.41) is 24.6. The monoisotopic (exact) mass is 548 g/mol. The Morgan fingerprint density at radius 3 is 2.23 bits per heavy atom. The summed E-state index contributed by atoms with van der Waals surface area (Å²) in [5.41, 5.74) is -0.918. The number of carbonyl (C=O) groups is 3. The first kappa shape index (κ1) is 27.3. The zero-order chi connectivity index (χ0) is 29.0. The first-order chi connectivity index (χ1) is 19.1. The summed E-state index contributed by atoms with van der Waals surface area (Å²) in [4.78, 5) is 59.9. The van der Waals surface area contributed by atoms with Gasteiger partial charge in [-0.1, -0.05) is 6.07 Å². The maximum atomic E-state index is 13.2. The number of nitro groups is 2. The molecule has 3 aromatic carbocycles. The van der Waals surface area contributed by atoms with Gasteiger partial charge >= 0.3 is 11.7 Å². The molecule has 1 aliphatic heterocycles. The van der Waals surface area contributed by atoms with Crippen LogP contribution in [0, 0.1) is 20.2 Å². The van der Waals surface area contributed by atoms with Crippen molar-refractivity contribution in [3.8, 4) is 23.0 Å². The minimum atomic E-state index is -0.916. The fourth-order valence-electron chi connectivity index (χ4n) is 3.72. The van der Waals surface area contributed by atoms with Crippen molar-refractivity contribution < 1.29 is 38.4 Å². The van der Waals surface area contributed by atoms with E-state index in [1.165, 1.54) is 43.5 Å². The second kappa shape index (κ2) is 11.3. The van der Waals surface area contributed by atoms with Crippen molar-refractivity contribution in [2.75, 3.05) is 18.6 Å². The number of nitro benzene ring substituents is 2. The number of imide groups is 2. The second-order valence-corrected chi connectivity index (χ2v) is 8.06. The molecule has 1 aliphatic rings. The minimum absolute atomic E-state index is 0.0374. The summed E-state index contributed by atoms with van der Waals surface area (Å²) in [5.74, 6) is -1.38. The summed E-state index contributed by atoms with van der Waals surface area (Å²) < 4.78 is 16.3. The highest BCUT2D eigenvalue weighted by Crippen LogP contribution is 2.39. The van der Waals surface area contributed by atoms with Crippen molar-refractivity contribution >= 4 is 41.0 Å². The highest BCUT2D eigenvalue weighted by molar-refractivity contribution is 6.39. The number of rotatable bonds is 9. The van der Waals surface area contributed by atoms with E-state index >= 15 is 0 Å². The zero-order valence-electron chi connectivity index (χ0n) is 21.0. The molecule has 40 heavy (non-hydrogen) atoms. The first-order valence-corrected chi connectivity index (χ1v) is 11.6. The third kappa shape index (κ3) is 5.55. The molecule has 14 heteroatoms. The molecule has 1 saturated heterocycles. The first-order valence-electron chi connectivity index (χ1n) is 11.6. The summed E-state index contributed by atoms with van der Waals surface area (Å²) in [6, 6.07) is 12.4. The Hall–Kier alpha value is -5.79. The Kier molecular flexibility index (Phi) is 7.70. The van der Waals surface area contributed by atoms with E-state index in [1.807, 2.05) is 0 Å². The minimum Gasteiger partial charge on any atom is -0.497 e. The predicted molar refractivity (Wildman–Crippen MR) is 139 cm³/mol. The lowest BCUT2D eigenvalue weighted by Crippen LogP contribution is -2.54. The quantitative estimate of drug-likeness (QED) is 0.174. The van der Waals surface area contributed by atoms with Crippen molar-refractivity contribution in [2.45, 2.75) is 6.92 Å². The van der Waals surface area contributed by atoms with Crippen LogP contribution in [0.5, 0.6) is 23.0 Å². The van der Waals surface area contributed by atoms with Gasteiger partial charge in [0.15, 0.2) is 11.5 Å². The average Bonchev–Trinajstić information content (AvgIpc) is 2.92. The van der Waals surface area contributed by atoms with Crippen molar-refractivity contribution in [2.24, 2.45) is 0 Å². The van der Waals surface area contributed by atoms with Crippen LogP contribution < -0.4 is 24.4 Å². The number of anilines is 1. The third-order valence-electron chi connectivity index (χ3n) is 5.58. The Balaban J connectivity index is 1.68. The van der Waals surface area contributed by atoms with Gasteiger partial charge in [-0.15, -0.1) is 0 Å². The van der Waals surface area contributed by atoms with Gasteiger partial charge in [0.2, 0.25) is 5.75 Å². The number of ether oxygens (including phenoxy) is 3. The molecule has 1 fully saturated rings. The summed E-state index contributed by atoms with van der Waals surface area (Å²) in [7, 11) is 1.47. The largest absolute Gasteiger partial charge is 0.497 e. The van der Waals surface area contributed by atoms with Gasteiger partial charge in [0.1, 0.15) is 11.3 Å². The van der Waals surface area contributed by atoms with Crippen LogP contribution >= 0.6 is 0 Å². The number of benzene rings is 3. The standard InChI is InChI=1S/C26H20N4O10/c1-3-39-23-13-15(4-10-22(23)40-21-11-7-17(29(34)35)14-20(21)30(36)37)12-19-24(31)27-26(33)28(25(19)32)16-5-8-18(38-2)9-6-16/h4-14H,3H2,1-2H3,(H,27,31,33)/b19-12+. The SMILES string of the molecule is CCOc1cc(/C=C2\C(=O)NC(=O)N(c3ccc(OC)cc3)C2=O)ccc1Oc1ccc([N+](=O)[O-])cc1[N+](=O)[O-]. The number of hydrogen-bond donors (Lipinski definition) is 1. The number of nitrogens with zero attached hydrogens (tertiary/aromatic N) is 3. The van der Waals surface area contributed by atoms with Gasteiger partial charge in [0.25, 0.3) is 17.5 Å². The summed E-state index contributed by atoms with van der Waals surface area (Å²) in [6.45, 7) is 1.84. The lowest BCUT2D eigenvalue weighted by Gasteiger charge is -2.26. The number of methoxy groups -OCH3 is 1. The average molecular weight is 548 g/mol. The topological polar surface area (TPSA) is 180 Å². The number of hydrogen-bond acceptors (Lipinski definition) is 10. The van der Waals surface area contributed by atoms with Crippen LogP contribution in [0.2, 0.25) is 0 Å². The van der Waals surface area contributed by atoms with Crippen molar-refractivity contribution in [3.05, 3.63) is 92.0 Å². The number of nitrogens with one attached hydrogen (secondary N) is 1. The Morgan fingerprint density at radius 2 is 1.60 bits per heavy atom. The molecule has 3 aromatic rings. The maximum absolute atomic E-state index is 13.2.